The highest BCUT2D eigenvalue weighted by Crippen LogP contribution is 2.33. The average Bonchev–Trinajstić information content (AvgIpc) is 3.21. The molecule has 2 aromatic carbocycles. The number of rotatable bonds is 4. The van der Waals surface area contributed by atoms with Crippen LogP contribution in [0.25, 0.3) is 0 Å². The summed E-state index contributed by atoms with van der Waals surface area (Å²) in [6.45, 7) is 8.81. The summed E-state index contributed by atoms with van der Waals surface area (Å²) >= 11 is 0. The monoisotopic (exact) mass is 418 g/mol. The van der Waals surface area contributed by atoms with Crippen LogP contribution >= 0.6 is 0 Å². The van der Waals surface area contributed by atoms with E-state index in [4.69, 9.17) is 5.10 Å². The normalized spacial score (nSPS) is 19.5. The Morgan fingerprint density at radius 2 is 1.48 bits per heavy atom. The molecule has 1 saturated heterocycles. The lowest BCUT2D eigenvalue weighted by molar-refractivity contribution is -0.135. The van der Waals surface area contributed by atoms with E-state index >= 15 is 0 Å². The Balaban J connectivity index is 1.53. The first-order valence-electron chi connectivity index (χ1n) is 10.9. The SMILES string of the molecule is CC(=O)N1CCN(CC(=O)N2N=C(c3ccc(C)cc3)CC2c2ccc(C)cc2)CC1. The van der Waals surface area contributed by atoms with E-state index in [1.54, 1.807) is 11.9 Å². The Morgan fingerprint density at radius 1 is 0.903 bits per heavy atom. The van der Waals surface area contributed by atoms with Crippen molar-refractivity contribution in [3.63, 3.8) is 0 Å². The minimum atomic E-state index is -0.0945. The number of carbonyl (C=O) groups excluding carboxylic acids is 2. The molecule has 2 amide bonds. The van der Waals surface area contributed by atoms with Crippen molar-refractivity contribution in [2.45, 2.75) is 33.2 Å². The maximum absolute atomic E-state index is 13.3. The number of nitrogens with zero attached hydrogens (tertiary/aromatic N) is 4. The van der Waals surface area contributed by atoms with Gasteiger partial charge in [-0.25, -0.2) is 5.01 Å². The molecule has 0 bridgehead atoms. The first kappa shape index (κ1) is 21.2. The highest BCUT2D eigenvalue weighted by molar-refractivity contribution is 6.03. The van der Waals surface area contributed by atoms with Crippen LogP contribution in [0.1, 0.15) is 41.6 Å². The van der Waals surface area contributed by atoms with E-state index in [1.165, 1.54) is 11.1 Å². The molecule has 6 heteroatoms. The van der Waals surface area contributed by atoms with Crippen molar-refractivity contribution < 1.29 is 9.59 Å². The van der Waals surface area contributed by atoms with Crippen LogP contribution in [0.4, 0.5) is 0 Å². The fourth-order valence-corrected chi connectivity index (χ4v) is 4.19. The standard InChI is InChI=1S/C25H30N4O2/c1-18-4-8-21(9-5-18)23-16-24(22-10-6-19(2)7-11-22)29(26-23)25(31)17-27-12-14-28(15-13-27)20(3)30/h4-11,24H,12-17H2,1-3H3. The number of benzene rings is 2. The Hall–Kier alpha value is -2.99. The minimum absolute atomic E-state index is 0.00367. The van der Waals surface area contributed by atoms with E-state index in [1.807, 2.05) is 4.90 Å². The van der Waals surface area contributed by atoms with Crippen molar-refractivity contribution in [3.8, 4) is 0 Å². The van der Waals surface area contributed by atoms with Crippen LogP contribution in [-0.2, 0) is 9.59 Å². The largest absolute Gasteiger partial charge is 0.340 e. The lowest BCUT2D eigenvalue weighted by Gasteiger charge is -2.34. The first-order chi connectivity index (χ1) is 14.9. The van der Waals surface area contributed by atoms with Gasteiger partial charge in [-0.2, -0.15) is 5.10 Å². The quantitative estimate of drug-likeness (QED) is 0.767. The highest BCUT2D eigenvalue weighted by Gasteiger charge is 2.34. The van der Waals surface area contributed by atoms with E-state index < -0.39 is 0 Å². The van der Waals surface area contributed by atoms with Crippen LogP contribution in [0, 0.1) is 13.8 Å². The van der Waals surface area contributed by atoms with Gasteiger partial charge in [-0.1, -0.05) is 59.7 Å². The van der Waals surface area contributed by atoms with E-state index in [0.29, 0.717) is 39.1 Å². The molecule has 1 unspecified atom stereocenters. The van der Waals surface area contributed by atoms with Gasteiger partial charge in [0, 0.05) is 39.5 Å². The molecule has 4 rings (SSSR count). The third-order valence-electron chi connectivity index (χ3n) is 6.19. The molecule has 162 valence electrons. The molecule has 2 heterocycles. The molecule has 0 radical (unpaired) electrons. The Morgan fingerprint density at radius 3 is 2.06 bits per heavy atom. The second kappa shape index (κ2) is 9.02. The van der Waals surface area contributed by atoms with Crippen molar-refractivity contribution >= 4 is 17.5 Å². The van der Waals surface area contributed by atoms with Gasteiger partial charge < -0.3 is 4.90 Å². The maximum Gasteiger partial charge on any atom is 0.257 e. The summed E-state index contributed by atoms with van der Waals surface area (Å²) in [6.07, 6.45) is 0.704. The van der Waals surface area contributed by atoms with Crippen molar-refractivity contribution in [3.05, 3.63) is 70.8 Å². The number of hydrazone groups is 1. The fraction of sp³-hybridized carbons (Fsp3) is 0.400. The lowest BCUT2D eigenvalue weighted by atomic mass is 9.97. The summed E-state index contributed by atoms with van der Waals surface area (Å²) in [4.78, 5) is 28.8. The van der Waals surface area contributed by atoms with Crippen molar-refractivity contribution in [2.75, 3.05) is 32.7 Å². The first-order valence-corrected chi connectivity index (χ1v) is 10.9. The lowest BCUT2D eigenvalue weighted by Crippen LogP contribution is -2.50. The van der Waals surface area contributed by atoms with Crippen molar-refractivity contribution in [2.24, 2.45) is 5.10 Å². The van der Waals surface area contributed by atoms with Gasteiger partial charge in [-0.05, 0) is 25.0 Å². The van der Waals surface area contributed by atoms with Crippen LogP contribution in [-0.4, -0.2) is 65.1 Å². The molecule has 31 heavy (non-hydrogen) atoms. The van der Waals surface area contributed by atoms with Gasteiger partial charge >= 0.3 is 0 Å². The number of hydrogen-bond acceptors (Lipinski definition) is 4. The van der Waals surface area contributed by atoms with Gasteiger partial charge in [0.25, 0.3) is 5.91 Å². The zero-order valence-corrected chi connectivity index (χ0v) is 18.5. The van der Waals surface area contributed by atoms with E-state index in [-0.39, 0.29) is 17.9 Å². The van der Waals surface area contributed by atoms with Crippen LogP contribution in [0.2, 0.25) is 0 Å². The van der Waals surface area contributed by atoms with Crippen molar-refractivity contribution in [1.82, 2.24) is 14.8 Å². The van der Waals surface area contributed by atoms with Gasteiger partial charge in [-0.15, -0.1) is 0 Å². The van der Waals surface area contributed by atoms with E-state index in [9.17, 15) is 9.59 Å². The summed E-state index contributed by atoms with van der Waals surface area (Å²) < 4.78 is 0. The smallest absolute Gasteiger partial charge is 0.257 e. The number of amides is 2. The summed E-state index contributed by atoms with van der Waals surface area (Å²) in [7, 11) is 0. The molecule has 0 saturated carbocycles. The second-order valence-corrected chi connectivity index (χ2v) is 8.56. The molecule has 2 aromatic rings. The third-order valence-corrected chi connectivity index (χ3v) is 6.19. The highest BCUT2D eigenvalue weighted by atomic mass is 16.2. The van der Waals surface area contributed by atoms with Crippen molar-refractivity contribution in [1.29, 1.82) is 0 Å². The molecule has 0 aliphatic carbocycles. The van der Waals surface area contributed by atoms with Gasteiger partial charge in [0.1, 0.15) is 0 Å². The zero-order chi connectivity index (χ0) is 22.0. The maximum atomic E-state index is 13.3. The van der Waals surface area contributed by atoms with Crippen LogP contribution in [0.3, 0.4) is 0 Å². The molecule has 1 fully saturated rings. The predicted molar refractivity (Wildman–Crippen MR) is 122 cm³/mol. The van der Waals surface area contributed by atoms with E-state index in [0.717, 1.165) is 16.8 Å². The molecule has 0 spiro atoms. The van der Waals surface area contributed by atoms with Gasteiger partial charge in [-0.3, -0.25) is 14.5 Å². The number of carbonyl (C=O) groups is 2. The predicted octanol–water partition coefficient (Wildman–Crippen LogP) is 3.15. The molecular formula is C25H30N4O2. The average molecular weight is 419 g/mol. The molecule has 2 aliphatic heterocycles. The molecule has 0 N–H and O–H groups in total. The molecule has 0 aromatic heterocycles. The summed E-state index contributed by atoms with van der Waals surface area (Å²) in [5.74, 6) is 0.0984. The summed E-state index contributed by atoms with van der Waals surface area (Å²) in [6, 6.07) is 16.6. The number of hydrogen-bond donors (Lipinski definition) is 0. The second-order valence-electron chi connectivity index (χ2n) is 8.56. The topological polar surface area (TPSA) is 56.2 Å². The zero-order valence-electron chi connectivity index (χ0n) is 18.5. The number of piperazine rings is 1. The van der Waals surface area contributed by atoms with Crippen LogP contribution in [0.5, 0.6) is 0 Å². The van der Waals surface area contributed by atoms with Gasteiger partial charge in [0.05, 0.1) is 18.3 Å². The Labute approximate surface area is 184 Å². The summed E-state index contributed by atoms with van der Waals surface area (Å²) in [5.41, 5.74) is 5.51. The Bertz CT molecular complexity index is 974. The molecule has 2 aliphatic rings. The van der Waals surface area contributed by atoms with Crippen LogP contribution < -0.4 is 0 Å². The number of aryl methyl sites for hydroxylation is 2. The fourth-order valence-electron chi connectivity index (χ4n) is 4.19. The molecular weight excluding hydrogens is 388 g/mol. The Kier molecular flexibility index (Phi) is 6.18. The van der Waals surface area contributed by atoms with Gasteiger partial charge in [0.2, 0.25) is 5.91 Å². The minimum Gasteiger partial charge on any atom is -0.340 e. The molecule has 6 nitrogen and oxygen atoms in total. The summed E-state index contributed by atoms with van der Waals surface area (Å²) in [5, 5.41) is 6.46. The van der Waals surface area contributed by atoms with Gasteiger partial charge in [0.15, 0.2) is 0 Å². The molecule has 1 atom stereocenters. The van der Waals surface area contributed by atoms with Crippen LogP contribution in [0.15, 0.2) is 53.6 Å². The van der Waals surface area contributed by atoms with E-state index in [2.05, 4.69) is 67.3 Å². The third kappa shape index (κ3) is 4.85.